The number of hydrogen-bond acceptors (Lipinski definition) is 5. The molecule has 2 heterocycles. The van der Waals surface area contributed by atoms with Gasteiger partial charge in [-0.3, -0.25) is 9.59 Å². The number of aliphatic hydroxyl groups is 1. The molecule has 0 saturated carbocycles. The van der Waals surface area contributed by atoms with Crippen molar-refractivity contribution in [2.45, 2.75) is 19.9 Å². The summed E-state index contributed by atoms with van der Waals surface area (Å²) in [5, 5.41) is 10.3. The van der Waals surface area contributed by atoms with Gasteiger partial charge in [0.2, 0.25) is 5.76 Å². The fourth-order valence-electron chi connectivity index (χ4n) is 3.74. The number of ether oxygens (including phenoxy) is 1. The van der Waals surface area contributed by atoms with E-state index >= 15 is 0 Å². The molecule has 0 saturated heterocycles. The molecule has 150 valence electrons. The van der Waals surface area contributed by atoms with E-state index in [1.165, 1.54) is 4.90 Å². The Morgan fingerprint density at radius 1 is 1.21 bits per heavy atom. The standard InChI is InChI=1S/C22H20ClNO5/c1-3-28-14-6-4-13(5-7-14)19-18-20(26)15-11-16(23)12(2)10-17(15)29-21(18)22(27)24(19)8-9-25/h4-7,10-11,19,25H,3,8-9H2,1-2H3. The lowest BCUT2D eigenvalue weighted by molar-refractivity contribution is 0.0691. The summed E-state index contributed by atoms with van der Waals surface area (Å²) < 4.78 is 11.3. The second-order valence-corrected chi connectivity index (χ2v) is 7.31. The van der Waals surface area contributed by atoms with E-state index in [4.69, 9.17) is 20.8 Å². The van der Waals surface area contributed by atoms with Crippen molar-refractivity contribution < 1.29 is 19.1 Å². The molecule has 0 fully saturated rings. The smallest absolute Gasteiger partial charge is 0.290 e. The second-order valence-electron chi connectivity index (χ2n) is 6.90. The van der Waals surface area contributed by atoms with Gasteiger partial charge >= 0.3 is 0 Å². The van der Waals surface area contributed by atoms with Crippen LogP contribution in [-0.4, -0.2) is 35.7 Å². The molecule has 6 nitrogen and oxygen atoms in total. The van der Waals surface area contributed by atoms with Crippen LogP contribution in [0, 0.1) is 6.92 Å². The van der Waals surface area contributed by atoms with Gasteiger partial charge in [0.15, 0.2) is 5.43 Å². The number of carbonyl (C=O) groups excluding carboxylic acids is 1. The third kappa shape index (κ3) is 3.18. The van der Waals surface area contributed by atoms with Crippen molar-refractivity contribution in [1.29, 1.82) is 0 Å². The second kappa shape index (κ2) is 7.54. The van der Waals surface area contributed by atoms with Gasteiger partial charge in [-0.25, -0.2) is 0 Å². The molecule has 7 heteroatoms. The lowest BCUT2D eigenvalue weighted by Gasteiger charge is -2.24. The number of amides is 1. The summed E-state index contributed by atoms with van der Waals surface area (Å²) >= 11 is 6.21. The first-order valence-corrected chi connectivity index (χ1v) is 9.75. The average molecular weight is 414 g/mol. The lowest BCUT2D eigenvalue weighted by atomic mass is 9.98. The fraction of sp³-hybridized carbons (Fsp3) is 0.273. The first-order valence-electron chi connectivity index (χ1n) is 9.37. The van der Waals surface area contributed by atoms with Crippen LogP contribution in [0.1, 0.15) is 40.2 Å². The van der Waals surface area contributed by atoms with Gasteiger partial charge in [0, 0.05) is 11.6 Å². The van der Waals surface area contributed by atoms with Gasteiger partial charge in [-0.2, -0.15) is 0 Å². The Hall–Kier alpha value is -2.83. The van der Waals surface area contributed by atoms with Crippen LogP contribution in [0.25, 0.3) is 11.0 Å². The van der Waals surface area contributed by atoms with Crippen molar-refractivity contribution in [3.8, 4) is 5.75 Å². The summed E-state index contributed by atoms with van der Waals surface area (Å²) in [6.45, 7) is 4.09. The van der Waals surface area contributed by atoms with Crippen molar-refractivity contribution >= 4 is 28.5 Å². The van der Waals surface area contributed by atoms with Crippen LogP contribution in [0.15, 0.2) is 45.6 Å². The van der Waals surface area contributed by atoms with Crippen LogP contribution in [0.4, 0.5) is 0 Å². The number of hydrogen-bond donors (Lipinski definition) is 1. The van der Waals surface area contributed by atoms with E-state index in [9.17, 15) is 14.7 Å². The first-order chi connectivity index (χ1) is 14.0. The molecular formula is C22H20ClNO5. The topological polar surface area (TPSA) is 80.0 Å². The summed E-state index contributed by atoms with van der Waals surface area (Å²) in [7, 11) is 0. The maximum Gasteiger partial charge on any atom is 0.290 e. The number of aliphatic hydroxyl groups excluding tert-OH is 1. The number of benzene rings is 2. The van der Waals surface area contributed by atoms with Gasteiger partial charge in [0.25, 0.3) is 5.91 Å². The number of halogens is 1. The molecular weight excluding hydrogens is 394 g/mol. The zero-order valence-electron chi connectivity index (χ0n) is 16.1. The van der Waals surface area contributed by atoms with Gasteiger partial charge in [0.05, 0.1) is 30.2 Å². The van der Waals surface area contributed by atoms with E-state index in [0.717, 1.165) is 11.1 Å². The van der Waals surface area contributed by atoms with E-state index in [0.29, 0.717) is 28.3 Å². The molecule has 0 aliphatic carbocycles. The third-order valence-corrected chi connectivity index (χ3v) is 5.50. The number of aryl methyl sites for hydroxylation is 1. The number of fused-ring (bicyclic) bond motifs is 2. The van der Waals surface area contributed by atoms with Gasteiger partial charge < -0.3 is 19.2 Å². The third-order valence-electron chi connectivity index (χ3n) is 5.09. The molecule has 29 heavy (non-hydrogen) atoms. The Balaban J connectivity index is 1.94. The quantitative estimate of drug-likeness (QED) is 0.690. The molecule has 1 unspecified atom stereocenters. The van der Waals surface area contributed by atoms with Gasteiger partial charge in [0.1, 0.15) is 11.3 Å². The predicted molar refractivity (Wildman–Crippen MR) is 110 cm³/mol. The molecule has 0 spiro atoms. The van der Waals surface area contributed by atoms with Crippen molar-refractivity contribution in [2.75, 3.05) is 19.8 Å². The van der Waals surface area contributed by atoms with Crippen LogP contribution in [-0.2, 0) is 0 Å². The summed E-state index contributed by atoms with van der Waals surface area (Å²) in [6, 6.07) is 9.80. The van der Waals surface area contributed by atoms with Crippen LogP contribution in [0.2, 0.25) is 5.02 Å². The largest absolute Gasteiger partial charge is 0.494 e. The van der Waals surface area contributed by atoms with E-state index in [1.54, 1.807) is 31.2 Å². The Kier molecular flexibility index (Phi) is 5.06. The highest BCUT2D eigenvalue weighted by Gasteiger charge is 2.42. The zero-order chi connectivity index (χ0) is 20.7. The summed E-state index contributed by atoms with van der Waals surface area (Å²) in [6.07, 6.45) is 0. The molecule has 1 aromatic heterocycles. The predicted octanol–water partition coefficient (Wildman–Crippen LogP) is 3.69. The van der Waals surface area contributed by atoms with Gasteiger partial charge in [-0.1, -0.05) is 23.7 Å². The Bertz CT molecular complexity index is 1150. The molecule has 2 aromatic carbocycles. The first kappa shape index (κ1) is 19.5. The van der Waals surface area contributed by atoms with Crippen molar-refractivity contribution in [3.05, 3.63) is 74.1 Å². The molecule has 1 atom stereocenters. The summed E-state index contributed by atoms with van der Waals surface area (Å²) in [4.78, 5) is 27.8. The summed E-state index contributed by atoms with van der Waals surface area (Å²) in [5.41, 5.74) is 1.78. The minimum Gasteiger partial charge on any atom is -0.494 e. The molecule has 1 aliphatic heterocycles. The number of nitrogens with zero attached hydrogens (tertiary/aromatic N) is 1. The summed E-state index contributed by atoms with van der Waals surface area (Å²) in [5.74, 6) is 0.290. The molecule has 3 aromatic rings. The Morgan fingerprint density at radius 2 is 1.93 bits per heavy atom. The van der Waals surface area contributed by atoms with E-state index in [2.05, 4.69) is 0 Å². The Labute approximate surface area is 172 Å². The molecule has 0 radical (unpaired) electrons. The van der Waals surface area contributed by atoms with Gasteiger partial charge in [-0.05, 0) is 49.2 Å². The SMILES string of the molecule is CCOc1ccc(C2c3c(oc4cc(C)c(Cl)cc4c3=O)C(=O)N2CCO)cc1. The average Bonchev–Trinajstić information content (AvgIpc) is 2.97. The normalized spacial score (nSPS) is 15.8. The van der Waals surface area contributed by atoms with Crippen LogP contribution < -0.4 is 10.2 Å². The van der Waals surface area contributed by atoms with Crippen LogP contribution in [0.3, 0.4) is 0 Å². The Morgan fingerprint density at radius 3 is 2.59 bits per heavy atom. The van der Waals surface area contributed by atoms with Crippen LogP contribution in [0.5, 0.6) is 5.75 Å². The lowest BCUT2D eigenvalue weighted by Crippen LogP contribution is -2.32. The van der Waals surface area contributed by atoms with Crippen molar-refractivity contribution in [1.82, 2.24) is 4.90 Å². The monoisotopic (exact) mass is 413 g/mol. The highest BCUT2D eigenvalue weighted by molar-refractivity contribution is 6.32. The van der Waals surface area contributed by atoms with Gasteiger partial charge in [-0.15, -0.1) is 0 Å². The number of rotatable bonds is 5. The van der Waals surface area contributed by atoms with Crippen molar-refractivity contribution in [2.24, 2.45) is 0 Å². The van der Waals surface area contributed by atoms with E-state index in [1.807, 2.05) is 19.1 Å². The molecule has 1 N–H and O–H groups in total. The number of carbonyl (C=O) groups is 1. The maximum atomic E-state index is 13.3. The molecule has 1 aliphatic rings. The molecule has 0 bridgehead atoms. The van der Waals surface area contributed by atoms with Crippen LogP contribution >= 0.6 is 11.6 Å². The minimum atomic E-state index is -0.652. The highest BCUT2D eigenvalue weighted by Crippen LogP contribution is 2.38. The van der Waals surface area contributed by atoms with Crippen molar-refractivity contribution in [3.63, 3.8) is 0 Å². The molecule has 1 amide bonds. The minimum absolute atomic E-state index is 0.0107. The zero-order valence-corrected chi connectivity index (χ0v) is 16.8. The maximum absolute atomic E-state index is 13.3. The van der Waals surface area contributed by atoms with E-state index < -0.39 is 11.9 Å². The number of β-amino-alcohol motifs (C(OH)–C–C–N with tert-alkyl or cyclic N) is 1. The molecule has 4 rings (SSSR count). The van der Waals surface area contributed by atoms with E-state index in [-0.39, 0.29) is 29.9 Å². The fourth-order valence-corrected chi connectivity index (χ4v) is 3.90. The highest BCUT2D eigenvalue weighted by atomic mass is 35.5.